The molecule has 18 nitrogen and oxygen atoms in total. The first-order valence-corrected chi connectivity index (χ1v) is 9.44. The number of rotatable bonds is 9. The van der Waals surface area contributed by atoms with Crippen LogP contribution in [0.15, 0.2) is 35.3 Å². The molecule has 0 aliphatic heterocycles. The largest absolute Gasteiger partial charge is 0.481 e. The van der Waals surface area contributed by atoms with Crippen LogP contribution < -0.4 is 16.6 Å². The molecule has 2 radical (unpaired) electrons. The Kier molecular flexibility index (Phi) is 32.8. The van der Waals surface area contributed by atoms with E-state index in [0.29, 0.717) is 23.9 Å². The van der Waals surface area contributed by atoms with Gasteiger partial charge < -0.3 is 64.6 Å². The minimum atomic E-state index is -1.30. The number of benzene rings is 1. The van der Waals surface area contributed by atoms with Gasteiger partial charge in [0.05, 0.1) is 5.39 Å². The van der Waals surface area contributed by atoms with E-state index in [1.807, 2.05) is 0 Å². The number of nitrogens with zero attached hydrogens (tertiary/aromatic N) is 1. The fraction of sp³-hybridized carbons (Fsp3) is 0.250. The molecule has 3 rings (SSSR count). The van der Waals surface area contributed by atoms with Crippen LogP contribution in [0.3, 0.4) is 0 Å². The zero-order valence-electron chi connectivity index (χ0n) is 21.8. The van der Waals surface area contributed by atoms with Crippen molar-refractivity contribution in [3.8, 4) is 0 Å². The van der Waals surface area contributed by atoms with Crippen LogP contribution in [0.5, 0.6) is 0 Å². The summed E-state index contributed by atoms with van der Waals surface area (Å²) >= 11 is 0. The molecule has 1 atom stereocenters. The predicted octanol–water partition coefficient (Wildman–Crippen LogP) is -5.87. The number of nitrogen functional groups attached to an aromatic ring is 1. The molecular weight excluding hydrogens is 564 g/mol. The molecule has 40 heavy (non-hydrogen) atoms. The van der Waals surface area contributed by atoms with E-state index in [-0.39, 0.29) is 127 Å². The molecule has 220 valence electrons. The van der Waals surface area contributed by atoms with E-state index in [9.17, 15) is 19.2 Å². The summed E-state index contributed by atoms with van der Waals surface area (Å²) in [6, 6.07) is 5.30. The number of aryl methyl sites for hydroxylation is 2. The van der Waals surface area contributed by atoms with E-state index >= 15 is 0 Å². The van der Waals surface area contributed by atoms with Gasteiger partial charge in [-0.3, -0.25) is 19.4 Å². The predicted molar refractivity (Wildman–Crippen MR) is 148 cm³/mol. The van der Waals surface area contributed by atoms with Crippen LogP contribution in [-0.2, 0) is 22.4 Å². The number of hydrogen-bond acceptors (Lipinski definition) is 6. The van der Waals surface area contributed by atoms with E-state index in [2.05, 4.69) is 20.3 Å². The Hall–Kier alpha value is -2.43. The van der Waals surface area contributed by atoms with Crippen molar-refractivity contribution in [2.24, 2.45) is 0 Å². The summed E-state index contributed by atoms with van der Waals surface area (Å²) < 4.78 is 0. The number of aromatic nitrogens is 3. The average molecular weight is 600 g/mol. The first-order valence-electron chi connectivity index (χ1n) is 9.44. The summed E-state index contributed by atoms with van der Waals surface area (Å²) in [5.74, 6) is -3.00. The quantitative estimate of drug-likeness (QED) is 0.128. The minimum absolute atomic E-state index is 0. The van der Waals surface area contributed by atoms with E-state index in [0.717, 1.165) is 11.1 Å². The van der Waals surface area contributed by atoms with Gasteiger partial charge in [-0.05, 0) is 42.5 Å². The zero-order chi connectivity index (χ0) is 22.5. The van der Waals surface area contributed by atoms with E-state index in [1.165, 1.54) is 0 Å². The number of carbonyl (C=O) groups excluding carboxylic acids is 1. The summed E-state index contributed by atoms with van der Waals surface area (Å²) in [7, 11) is 0. The monoisotopic (exact) mass is 599 g/mol. The topological polar surface area (TPSA) is 412 Å². The smallest absolute Gasteiger partial charge is 0.326 e. The van der Waals surface area contributed by atoms with Crippen LogP contribution in [0.4, 0.5) is 5.95 Å². The molecule has 0 aliphatic carbocycles. The van der Waals surface area contributed by atoms with Crippen molar-refractivity contribution in [1.29, 1.82) is 0 Å². The van der Waals surface area contributed by atoms with E-state index in [1.54, 1.807) is 30.5 Å². The number of carbonyl (C=O) groups is 3. The normalized spacial score (nSPS) is 9.20. The van der Waals surface area contributed by atoms with E-state index < -0.39 is 23.9 Å². The van der Waals surface area contributed by atoms with Crippen molar-refractivity contribution in [3.05, 3.63) is 57.5 Å². The Morgan fingerprint density at radius 1 is 0.925 bits per heavy atom. The minimum Gasteiger partial charge on any atom is -0.481 e. The molecule has 2 heterocycles. The molecule has 2 aromatic heterocycles. The number of carboxylic acid groups (broad SMARTS) is 2. The van der Waals surface area contributed by atoms with Crippen molar-refractivity contribution in [3.63, 3.8) is 0 Å². The third-order valence-electron chi connectivity index (χ3n) is 4.79. The number of aromatic amines is 2. The van der Waals surface area contributed by atoms with Crippen LogP contribution in [0.25, 0.3) is 11.0 Å². The van der Waals surface area contributed by atoms with Crippen molar-refractivity contribution in [2.45, 2.75) is 31.7 Å². The summed E-state index contributed by atoms with van der Waals surface area (Å²) in [6.45, 7) is 0. The Labute approximate surface area is 270 Å². The number of aliphatic carboxylic acids is 2. The maximum atomic E-state index is 12.3. The maximum absolute atomic E-state index is 12.3. The summed E-state index contributed by atoms with van der Waals surface area (Å²) in [5.41, 5.74) is 7.59. The molecule has 0 unspecified atom stereocenters. The van der Waals surface area contributed by atoms with Crippen LogP contribution >= 0.6 is 0 Å². The molecule has 0 bridgehead atoms. The van der Waals surface area contributed by atoms with Gasteiger partial charge in [-0.15, -0.1) is 0 Å². The number of nitrogens with two attached hydrogens (primary N) is 1. The number of nitrogens with one attached hydrogen (secondary N) is 3. The van der Waals surface area contributed by atoms with Gasteiger partial charge in [0.25, 0.3) is 11.5 Å². The van der Waals surface area contributed by atoms with Gasteiger partial charge in [0.15, 0.2) is 0 Å². The van der Waals surface area contributed by atoms with Crippen molar-refractivity contribution < 1.29 is 62.9 Å². The SMILES string of the molecule is Nc1nc2[nH]cc(CCc3ccc(C(=O)N[C@@H](CCC(=O)O)C(=O)O)cc3)c2c(=O)[nH]1.O.O.O.O.O.O.O.[Na].[Na]. The van der Waals surface area contributed by atoms with Gasteiger partial charge in [-0.1, -0.05) is 12.1 Å². The molecule has 20 heteroatoms. The van der Waals surface area contributed by atoms with Gasteiger partial charge in [-0.2, -0.15) is 4.98 Å². The molecular formula is C20H35N5Na2O13. The zero-order valence-corrected chi connectivity index (χ0v) is 25.8. The molecule has 0 saturated carbocycles. The number of hydrogen-bond donors (Lipinski definition) is 6. The Morgan fingerprint density at radius 3 is 1.98 bits per heavy atom. The Bertz CT molecular complexity index is 1210. The Balaban J connectivity index is -0.000000242. The first kappa shape index (κ1) is 53.8. The number of carboxylic acids is 2. The number of H-pyrrole nitrogens is 2. The van der Waals surface area contributed by atoms with Crippen molar-refractivity contribution in [1.82, 2.24) is 20.3 Å². The molecule has 0 saturated heterocycles. The second-order valence-electron chi connectivity index (χ2n) is 6.98. The second kappa shape index (κ2) is 24.4. The number of amides is 1. The molecule has 0 aliphatic rings. The molecule has 1 amide bonds. The maximum Gasteiger partial charge on any atom is 0.326 e. The average Bonchev–Trinajstić information content (AvgIpc) is 3.12. The van der Waals surface area contributed by atoms with Gasteiger partial charge in [0.1, 0.15) is 11.7 Å². The van der Waals surface area contributed by atoms with Crippen LogP contribution in [0.1, 0.15) is 34.3 Å². The van der Waals surface area contributed by atoms with Gasteiger partial charge in [0, 0.05) is 77.3 Å². The molecule has 0 spiro atoms. The summed E-state index contributed by atoms with van der Waals surface area (Å²) in [6.07, 6.45) is 2.27. The second-order valence-corrected chi connectivity index (χ2v) is 6.98. The van der Waals surface area contributed by atoms with Gasteiger partial charge >= 0.3 is 11.9 Å². The number of fused-ring (bicyclic) bond motifs is 1. The van der Waals surface area contributed by atoms with Crippen LogP contribution in [-0.4, -0.2) is 147 Å². The van der Waals surface area contributed by atoms with E-state index in [4.69, 9.17) is 15.9 Å². The van der Waals surface area contributed by atoms with Crippen LogP contribution in [0, 0.1) is 0 Å². The fourth-order valence-electron chi connectivity index (χ4n) is 3.19. The third-order valence-corrected chi connectivity index (χ3v) is 4.79. The van der Waals surface area contributed by atoms with Crippen LogP contribution in [0.2, 0.25) is 0 Å². The summed E-state index contributed by atoms with van der Waals surface area (Å²) in [5, 5.41) is 20.6. The van der Waals surface area contributed by atoms with Crippen molar-refractivity contribution in [2.75, 3.05) is 5.73 Å². The summed E-state index contributed by atoms with van der Waals surface area (Å²) in [4.78, 5) is 55.7. The van der Waals surface area contributed by atoms with Gasteiger partial charge in [0.2, 0.25) is 5.95 Å². The Morgan fingerprint density at radius 2 is 1.48 bits per heavy atom. The first-order chi connectivity index (χ1) is 14.7. The van der Waals surface area contributed by atoms with Crippen molar-refractivity contribution >= 4 is 93.9 Å². The molecule has 1 aromatic carbocycles. The number of anilines is 1. The van der Waals surface area contributed by atoms with Gasteiger partial charge in [-0.25, -0.2) is 4.79 Å². The fourth-order valence-corrected chi connectivity index (χ4v) is 3.19. The standard InChI is InChI=1S/C20H21N5O6.2Na.7H2O/c21-20-24-16-15(18(29)25-20)12(9-22-16)6-3-10-1-4-11(5-2-10)17(28)23-13(19(30)31)7-8-14(26)27;;;;;;;;;/h1-2,4-5,9,13H,3,6-8H2,(H,23,28)(H,26,27)(H,30,31)(H4,21,22,24,25,29);;;7*1H2/t13-;;;;;;;;;/m0........./s1. The molecule has 0 fully saturated rings. The third kappa shape index (κ3) is 14.3. The molecule has 21 N–H and O–H groups in total. The molecule has 3 aromatic rings.